The van der Waals surface area contributed by atoms with Gasteiger partial charge in [-0.1, -0.05) is 0 Å². The van der Waals surface area contributed by atoms with Crippen molar-refractivity contribution in [3.63, 3.8) is 0 Å². The maximum atomic E-state index is 14.6. The van der Waals surface area contributed by atoms with E-state index >= 15 is 0 Å². The molecule has 0 aliphatic carbocycles. The van der Waals surface area contributed by atoms with Crippen molar-refractivity contribution in [3.8, 4) is 0 Å². The Balaban J connectivity index is 1.56. The van der Waals surface area contributed by atoms with E-state index in [0.717, 1.165) is 0 Å². The molecule has 3 N–H and O–H groups in total. The summed E-state index contributed by atoms with van der Waals surface area (Å²) in [5, 5.41) is 9.52. The molecule has 4 rings (SSSR count). The molecule has 0 unspecified atom stereocenters. The van der Waals surface area contributed by atoms with E-state index in [1.165, 1.54) is 19.1 Å². The summed E-state index contributed by atoms with van der Waals surface area (Å²) < 4.78 is 20.0. The summed E-state index contributed by atoms with van der Waals surface area (Å²) >= 11 is 0. The maximum Gasteiger partial charge on any atom is 0.337 e. The average molecular weight is 471 g/mol. The van der Waals surface area contributed by atoms with Crippen LogP contribution in [-0.2, 0) is 4.74 Å². The lowest BCUT2D eigenvalue weighted by Gasteiger charge is -2.37. The summed E-state index contributed by atoms with van der Waals surface area (Å²) in [6.45, 7) is 4.90. The van der Waals surface area contributed by atoms with E-state index in [-0.39, 0.29) is 28.5 Å². The predicted octanol–water partition coefficient (Wildman–Crippen LogP) is 2.11. The third kappa shape index (κ3) is 4.54. The van der Waals surface area contributed by atoms with Gasteiger partial charge in [0.25, 0.3) is 5.91 Å². The molecule has 2 saturated heterocycles. The number of morpholine rings is 1. The number of anilines is 3. The number of amides is 1. The molecular weight excluding hydrogens is 443 g/mol. The van der Waals surface area contributed by atoms with Gasteiger partial charge in [-0.25, -0.2) is 9.18 Å². The number of Topliss-reactive ketones (excluding diaryl/α,β-unsaturated/α-hetero) is 1. The number of hydrogen-bond acceptors (Lipinski definition) is 7. The first-order valence-electron chi connectivity index (χ1n) is 11.1. The Hall–Kier alpha value is -3.66. The number of benzene rings is 2. The number of carbonyl (C=O) groups is 3. The number of hydrogen-bond donors (Lipinski definition) is 2. The second-order valence-corrected chi connectivity index (χ2v) is 8.33. The van der Waals surface area contributed by atoms with Crippen LogP contribution in [0, 0.1) is 5.82 Å². The molecule has 2 aromatic rings. The maximum absolute atomic E-state index is 14.6. The van der Waals surface area contributed by atoms with Gasteiger partial charge in [0, 0.05) is 44.8 Å². The van der Waals surface area contributed by atoms with Gasteiger partial charge in [-0.3, -0.25) is 9.59 Å². The van der Waals surface area contributed by atoms with Crippen LogP contribution in [0.15, 0.2) is 30.3 Å². The lowest BCUT2D eigenvalue weighted by molar-refractivity contribution is 0.0697. The van der Waals surface area contributed by atoms with E-state index in [1.807, 2.05) is 9.80 Å². The number of carbonyl (C=O) groups excluding carboxylic acids is 2. The molecule has 0 aromatic heterocycles. The normalized spacial score (nSPS) is 16.5. The Bertz CT molecular complexity index is 1120. The highest BCUT2D eigenvalue weighted by Gasteiger charge is 2.30. The Morgan fingerprint density at radius 2 is 1.56 bits per heavy atom. The number of ether oxygens (including phenoxy) is 1. The summed E-state index contributed by atoms with van der Waals surface area (Å²) in [4.78, 5) is 42.1. The second kappa shape index (κ2) is 9.68. The van der Waals surface area contributed by atoms with Crippen molar-refractivity contribution in [2.45, 2.75) is 6.92 Å². The van der Waals surface area contributed by atoms with E-state index in [2.05, 4.69) is 0 Å². The summed E-state index contributed by atoms with van der Waals surface area (Å²) in [7, 11) is 0. The molecule has 0 atom stereocenters. The SMILES string of the molecule is CC(=O)c1ccc(N2CCN(C(=O)c3c(N4CCOCC4)ccc(C(=O)O)c3N)CC2)c(F)c1. The number of ketones is 1. The first kappa shape index (κ1) is 23.5. The summed E-state index contributed by atoms with van der Waals surface area (Å²) in [6, 6.07) is 7.44. The van der Waals surface area contributed by atoms with Crippen molar-refractivity contribution in [3.05, 3.63) is 52.8 Å². The zero-order valence-electron chi connectivity index (χ0n) is 18.9. The quantitative estimate of drug-likeness (QED) is 0.504. The first-order chi connectivity index (χ1) is 16.3. The van der Waals surface area contributed by atoms with Crippen LogP contribution in [0.5, 0.6) is 0 Å². The number of piperazine rings is 1. The predicted molar refractivity (Wildman–Crippen MR) is 125 cm³/mol. The zero-order chi connectivity index (χ0) is 24.4. The van der Waals surface area contributed by atoms with Crippen molar-refractivity contribution >= 4 is 34.7 Å². The highest BCUT2D eigenvalue weighted by atomic mass is 19.1. The van der Waals surface area contributed by atoms with E-state index in [0.29, 0.717) is 69.4 Å². The van der Waals surface area contributed by atoms with Crippen LogP contribution in [0.3, 0.4) is 0 Å². The molecule has 1 amide bonds. The minimum atomic E-state index is -1.20. The number of nitrogen functional groups attached to an aromatic ring is 1. The van der Waals surface area contributed by atoms with Crippen LogP contribution >= 0.6 is 0 Å². The van der Waals surface area contributed by atoms with Gasteiger partial charge in [-0.2, -0.15) is 0 Å². The lowest BCUT2D eigenvalue weighted by Crippen LogP contribution is -2.49. The Morgan fingerprint density at radius 3 is 2.15 bits per heavy atom. The molecule has 0 spiro atoms. The molecule has 2 aliphatic rings. The molecule has 2 heterocycles. The van der Waals surface area contributed by atoms with Crippen LogP contribution in [0.25, 0.3) is 0 Å². The van der Waals surface area contributed by atoms with E-state index in [4.69, 9.17) is 10.5 Å². The molecule has 2 aliphatic heterocycles. The van der Waals surface area contributed by atoms with E-state index < -0.39 is 11.8 Å². The van der Waals surface area contributed by atoms with Gasteiger partial charge in [0.05, 0.1) is 41.4 Å². The van der Waals surface area contributed by atoms with Crippen LogP contribution in [-0.4, -0.2) is 80.1 Å². The van der Waals surface area contributed by atoms with Crippen LogP contribution in [0.2, 0.25) is 0 Å². The molecule has 10 heteroatoms. The summed E-state index contributed by atoms with van der Waals surface area (Å²) in [5.74, 6) is -2.25. The molecule has 0 saturated carbocycles. The fourth-order valence-corrected chi connectivity index (χ4v) is 4.38. The van der Waals surface area contributed by atoms with E-state index in [9.17, 15) is 23.9 Å². The lowest BCUT2D eigenvalue weighted by atomic mass is 10.0. The summed E-state index contributed by atoms with van der Waals surface area (Å²) in [6.07, 6.45) is 0. The van der Waals surface area contributed by atoms with Gasteiger partial charge < -0.3 is 30.3 Å². The van der Waals surface area contributed by atoms with Crippen LogP contribution in [0.4, 0.5) is 21.5 Å². The third-order valence-corrected chi connectivity index (χ3v) is 6.28. The largest absolute Gasteiger partial charge is 0.478 e. The fourth-order valence-electron chi connectivity index (χ4n) is 4.38. The molecule has 9 nitrogen and oxygen atoms in total. The molecular formula is C24H27FN4O5. The minimum Gasteiger partial charge on any atom is -0.478 e. The zero-order valence-corrected chi connectivity index (χ0v) is 18.9. The van der Waals surface area contributed by atoms with Gasteiger partial charge in [0.1, 0.15) is 5.82 Å². The number of halogens is 1. The molecule has 0 radical (unpaired) electrons. The first-order valence-corrected chi connectivity index (χ1v) is 11.1. The number of carboxylic acid groups (broad SMARTS) is 1. The van der Waals surface area contributed by atoms with Gasteiger partial charge in [-0.05, 0) is 37.3 Å². The molecule has 180 valence electrons. The van der Waals surface area contributed by atoms with E-state index in [1.54, 1.807) is 23.1 Å². The average Bonchev–Trinajstić information content (AvgIpc) is 2.83. The monoisotopic (exact) mass is 470 g/mol. The Kier molecular flexibility index (Phi) is 6.69. The molecule has 0 bridgehead atoms. The van der Waals surface area contributed by atoms with Gasteiger partial charge >= 0.3 is 5.97 Å². The summed E-state index contributed by atoms with van der Waals surface area (Å²) in [5.41, 5.74) is 7.46. The van der Waals surface area contributed by atoms with Gasteiger partial charge in [0.2, 0.25) is 0 Å². The third-order valence-electron chi connectivity index (χ3n) is 6.28. The fraction of sp³-hybridized carbons (Fsp3) is 0.375. The number of aromatic carboxylic acids is 1. The second-order valence-electron chi connectivity index (χ2n) is 8.33. The number of nitrogens with two attached hydrogens (primary N) is 1. The number of carboxylic acids is 1. The smallest absolute Gasteiger partial charge is 0.337 e. The Labute approximate surface area is 196 Å². The van der Waals surface area contributed by atoms with Gasteiger partial charge in [0.15, 0.2) is 5.78 Å². The standard InChI is InChI=1S/C24H27FN4O5/c1-15(30)16-2-4-19(18(25)14-16)27-6-8-29(9-7-27)23(31)21-20(28-10-12-34-13-11-28)5-3-17(22(21)26)24(32)33/h2-5,14H,6-13,26H2,1H3,(H,32,33). The molecule has 2 aromatic carbocycles. The minimum absolute atomic E-state index is 0.0604. The van der Waals surface area contributed by atoms with Crippen molar-refractivity contribution in [2.75, 3.05) is 68.0 Å². The topological polar surface area (TPSA) is 116 Å². The number of nitrogens with zero attached hydrogens (tertiary/aromatic N) is 3. The van der Waals surface area contributed by atoms with Crippen molar-refractivity contribution < 1.29 is 28.6 Å². The molecule has 2 fully saturated rings. The Morgan fingerprint density at radius 1 is 0.941 bits per heavy atom. The van der Waals surface area contributed by atoms with Crippen molar-refractivity contribution in [2.24, 2.45) is 0 Å². The number of rotatable bonds is 5. The van der Waals surface area contributed by atoms with Crippen LogP contribution < -0.4 is 15.5 Å². The highest BCUT2D eigenvalue weighted by molar-refractivity contribution is 6.09. The van der Waals surface area contributed by atoms with Crippen LogP contribution in [0.1, 0.15) is 38.0 Å². The van der Waals surface area contributed by atoms with Crippen molar-refractivity contribution in [1.29, 1.82) is 0 Å². The molecule has 34 heavy (non-hydrogen) atoms. The van der Waals surface area contributed by atoms with Crippen molar-refractivity contribution in [1.82, 2.24) is 4.90 Å². The van der Waals surface area contributed by atoms with Gasteiger partial charge in [-0.15, -0.1) is 0 Å². The highest BCUT2D eigenvalue weighted by Crippen LogP contribution is 2.32.